The van der Waals surface area contributed by atoms with Gasteiger partial charge < -0.3 is 5.11 Å². The Morgan fingerprint density at radius 2 is 2.47 bits per heavy atom. The second-order valence-corrected chi connectivity index (χ2v) is 4.42. The molecule has 3 heterocycles. The van der Waals surface area contributed by atoms with E-state index in [4.69, 9.17) is 0 Å². The number of fused-ring (bicyclic) bond motifs is 1. The summed E-state index contributed by atoms with van der Waals surface area (Å²) >= 11 is 0. The summed E-state index contributed by atoms with van der Waals surface area (Å²) in [7, 11) is 0. The third-order valence-electron chi connectivity index (χ3n) is 3.07. The number of β-amino-alcohol motifs (C(OH)–C–C–N with tert-alkyl or cyclic N) is 1. The number of aliphatic hydroxyl groups is 1. The molecule has 0 unspecified atom stereocenters. The second kappa shape index (κ2) is 3.97. The summed E-state index contributed by atoms with van der Waals surface area (Å²) in [6.07, 6.45) is 2.24. The van der Waals surface area contributed by atoms with E-state index in [1.54, 1.807) is 12.3 Å². The summed E-state index contributed by atoms with van der Waals surface area (Å²) in [6, 6.07) is 3.30. The first-order valence-electron chi connectivity index (χ1n) is 5.69. The van der Waals surface area contributed by atoms with Crippen LogP contribution >= 0.6 is 0 Å². The van der Waals surface area contributed by atoms with Gasteiger partial charge in [-0.05, 0) is 6.42 Å². The molecule has 0 aliphatic carbocycles. The van der Waals surface area contributed by atoms with Gasteiger partial charge in [0.1, 0.15) is 0 Å². The summed E-state index contributed by atoms with van der Waals surface area (Å²) < 4.78 is 1.41. The van der Waals surface area contributed by atoms with Crippen LogP contribution in [0.25, 0.3) is 5.65 Å². The van der Waals surface area contributed by atoms with E-state index >= 15 is 0 Å². The Balaban J connectivity index is 1.88. The Hall–Kier alpha value is -1.66. The van der Waals surface area contributed by atoms with E-state index in [1.165, 1.54) is 10.6 Å². The standard InChI is InChI=1S/C11H14N4O2/c16-9-2-4-14(7-9)6-8-5-11(17)15-10(13-8)1-3-12-15/h1,3,5,9,12,16H,2,4,6-7H2/t9-/m0/s1. The summed E-state index contributed by atoms with van der Waals surface area (Å²) in [5.41, 5.74) is 1.28. The summed E-state index contributed by atoms with van der Waals surface area (Å²) in [4.78, 5) is 18.2. The van der Waals surface area contributed by atoms with Crippen LogP contribution in [0.2, 0.25) is 0 Å². The zero-order valence-electron chi connectivity index (χ0n) is 9.33. The number of hydrogen-bond acceptors (Lipinski definition) is 4. The molecule has 2 aromatic heterocycles. The molecule has 3 rings (SSSR count). The topological polar surface area (TPSA) is 73.6 Å². The van der Waals surface area contributed by atoms with Gasteiger partial charge in [0.15, 0.2) is 5.65 Å². The Morgan fingerprint density at radius 1 is 1.59 bits per heavy atom. The molecule has 0 aromatic carbocycles. The van der Waals surface area contributed by atoms with Crippen LogP contribution in [0.3, 0.4) is 0 Å². The molecule has 0 radical (unpaired) electrons. The molecule has 0 spiro atoms. The van der Waals surface area contributed by atoms with Crippen molar-refractivity contribution in [2.75, 3.05) is 13.1 Å². The van der Waals surface area contributed by atoms with Crippen molar-refractivity contribution in [3.63, 3.8) is 0 Å². The zero-order chi connectivity index (χ0) is 11.8. The summed E-state index contributed by atoms with van der Waals surface area (Å²) in [5, 5.41) is 12.2. The van der Waals surface area contributed by atoms with Crippen LogP contribution in [-0.2, 0) is 6.54 Å². The highest BCUT2D eigenvalue weighted by molar-refractivity contribution is 5.36. The SMILES string of the molecule is O=c1cc(CN2CC[C@H](O)C2)nc2cc[nH]n12. The van der Waals surface area contributed by atoms with Crippen LogP contribution in [0.15, 0.2) is 23.1 Å². The quantitative estimate of drug-likeness (QED) is 0.741. The maximum Gasteiger partial charge on any atom is 0.272 e. The fourth-order valence-corrected chi connectivity index (χ4v) is 2.24. The molecule has 6 nitrogen and oxygen atoms in total. The number of aromatic nitrogens is 3. The Bertz CT molecular complexity index is 588. The summed E-state index contributed by atoms with van der Waals surface area (Å²) in [5.74, 6) is 0. The molecule has 2 aromatic rings. The predicted molar refractivity (Wildman–Crippen MR) is 61.7 cm³/mol. The molecule has 2 N–H and O–H groups in total. The average Bonchev–Trinajstić information content (AvgIpc) is 2.87. The molecule has 0 saturated carbocycles. The first-order chi connectivity index (χ1) is 8.22. The zero-order valence-corrected chi connectivity index (χ0v) is 9.33. The van der Waals surface area contributed by atoms with E-state index in [1.807, 2.05) is 0 Å². The fourth-order valence-electron chi connectivity index (χ4n) is 2.24. The molecule has 0 amide bonds. The van der Waals surface area contributed by atoms with E-state index in [2.05, 4.69) is 15.0 Å². The number of hydrogen-bond donors (Lipinski definition) is 2. The van der Waals surface area contributed by atoms with Crippen molar-refractivity contribution >= 4 is 5.65 Å². The fraction of sp³-hybridized carbons (Fsp3) is 0.455. The van der Waals surface area contributed by atoms with Crippen molar-refractivity contribution in [1.82, 2.24) is 19.5 Å². The van der Waals surface area contributed by atoms with E-state index < -0.39 is 0 Å². The second-order valence-electron chi connectivity index (χ2n) is 4.42. The van der Waals surface area contributed by atoms with Crippen LogP contribution in [0.1, 0.15) is 12.1 Å². The minimum atomic E-state index is -0.243. The molecule has 90 valence electrons. The van der Waals surface area contributed by atoms with Gasteiger partial charge >= 0.3 is 0 Å². The molecular weight excluding hydrogens is 220 g/mol. The van der Waals surface area contributed by atoms with Gasteiger partial charge in [0.05, 0.1) is 11.8 Å². The normalized spacial score (nSPS) is 21.4. The maximum absolute atomic E-state index is 11.7. The third kappa shape index (κ3) is 1.96. The van der Waals surface area contributed by atoms with Crippen LogP contribution in [0.4, 0.5) is 0 Å². The van der Waals surface area contributed by atoms with Gasteiger partial charge in [-0.15, -0.1) is 0 Å². The lowest BCUT2D eigenvalue weighted by Crippen LogP contribution is -2.24. The Morgan fingerprint density at radius 3 is 3.24 bits per heavy atom. The highest BCUT2D eigenvalue weighted by atomic mass is 16.3. The molecule has 1 saturated heterocycles. The number of H-pyrrole nitrogens is 1. The molecule has 1 aliphatic rings. The van der Waals surface area contributed by atoms with E-state index in [9.17, 15) is 9.90 Å². The van der Waals surface area contributed by atoms with Crippen LogP contribution in [0.5, 0.6) is 0 Å². The highest BCUT2D eigenvalue weighted by Gasteiger charge is 2.20. The van der Waals surface area contributed by atoms with E-state index in [-0.39, 0.29) is 11.7 Å². The molecule has 0 bridgehead atoms. The van der Waals surface area contributed by atoms with Gasteiger partial charge in [-0.1, -0.05) is 0 Å². The maximum atomic E-state index is 11.7. The van der Waals surface area contributed by atoms with Gasteiger partial charge in [-0.25, -0.2) is 9.50 Å². The van der Waals surface area contributed by atoms with E-state index in [0.717, 1.165) is 18.7 Å². The molecular formula is C11H14N4O2. The number of aromatic amines is 1. The molecule has 1 atom stereocenters. The predicted octanol–water partition coefficient (Wildman–Crippen LogP) is -0.411. The van der Waals surface area contributed by atoms with Crippen LogP contribution in [-0.4, -0.2) is 43.8 Å². The van der Waals surface area contributed by atoms with Gasteiger partial charge in [0, 0.05) is 38.0 Å². The van der Waals surface area contributed by atoms with Crippen molar-refractivity contribution in [2.45, 2.75) is 19.1 Å². The van der Waals surface area contributed by atoms with E-state index in [0.29, 0.717) is 18.7 Å². The van der Waals surface area contributed by atoms with Gasteiger partial charge in [0.2, 0.25) is 0 Å². The first kappa shape index (κ1) is 10.5. The Kier molecular flexibility index (Phi) is 2.45. The molecule has 6 heteroatoms. The van der Waals surface area contributed by atoms with Crippen molar-refractivity contribution < 1.29 is 5.11 Å². The number of nitrogens with zero attached hydrogens (tertiary/aromatic N) is 3. The lowest BCUT2D eigenvalue weighted by atomic mass is 10.3. The number of rotatable bonds is 2. The van der Waals surface area contributed by atoms with Crippen molar-refractivity contribution in [3.05, 3.63) is 34.4 Å². The largest absolute Gasteiger partial charge is 0.392 e. The lowest BCUT2D eigenvalue weighted by molar-refractivity contribution is 0.174. The monoisotopic (exact) mass is 234 g/mol. The van der Waals surface area contributed by atoms with Crippen LogP contribution in [0, 0.1) is 0 Å². The third-order valence-corrected chi connectivity index (χ3v) is 3.07. The van der Waals surface area contributed by atoms with Gasteiger partial charge in [0.25, 0.3) is 5.56 Å². The van der Waals surface area contributed by atoms with Crippen molar-refractivity contribution in [3.8, 4) is 0 Å². The lowest BCUT2D eigenvalue weighted by Gasteiger charge is -2.13. The number of nitrogens with one attached hydrogen (secondary N) is 1. The molecule has 1 fully saturated rings. The smallest absolute Gasteiger partial charge is 0.272 e. The minimum absolute atomic E-state index is 0.102. The van der Waals surface area contributed by atoms with Crippen molar-refractivity contribution in [1.29, 1.82) is 0 Å². The summed E-state index contributed by atoms with van der Waals surface area (Å²) in [6.45, 7) is 2.14. The Labute approximate surface area is 97.5 Å². The molecule has 1 aliphatic heterocycles. The number of likely N-dealkylation sites (tertiary alicyclic amines) is 1. The van der Waals surface area contributed by atoms with Gasteiger partial charge in [-0.3, -0.25) is 14.8 Å². The highest BCUT2D eigenvalue weighted by Crippen LogP contribution is 2.11. The van der Waals surface area contributed by atoms with Crippen LogP contribution < -0.4 is 5.56 Å². The minimum Gasteiger partial charge on any atom is -0.392 e. The average molecular weight is 234 g/mol. The first-order valence-corrected chi connectivity index (χ1v) is 5.69. The van der Waals surface area contributed by atoms with Crippen molar-refractivity contribution in [2.24, 2.45) is 0 Å². The van der Waals surface area contributed by atoms with Gasteiger partial charge in [-0.2, -0.15) is 0 Å². The number of aliphatic hydroxyl groups excluding tert-OH is 1. The molecule has 17 heavy (non-hydrogen) atoms.